The van der Waals surface area contributed by atoms with Gasteiger partial charge in [-0.05, 0) is 31.4 Å². The monoisotopic (exact) mass is 325 g/mol. The number of ether oxygens (including phenoxy) is 1. The van der Waals surface area contributed by atoms with Gasteiger partial charge in [0.1, 0.15) is 5.92 Å². The van der Waals surface area contributed by atoms with Crippen molar-refractivity contribution in [1.82, 2.24) is 10.2 Å². The summed E-state index contributed by atoms with van der Waals surface area (Å²) in [6.45, 7) is 6.37. The van der Waals surface area contributed by atoms with E-state index in [9.17, 15) is 4.79 Å². The maximum atomic E-state index is 12.8. The van der Waals surface area contributed by atoms with Gasteiger partial charge >= 0.3 is 5.97 Å². The van der Waals surface area contributed by atoms with Crippen LogP contribution in [0.2, 0.25) is 0 Å². The van der Waals surface area contributed by atoms with Crippen molar-refractivity contribution in [3.05, 3.63) is 47.2 Å². The van der Waals surface area contributed by atoms with E-state index >= 15 is 0 Å². The molecule has 24 heavy (non-hydrogen) atoms. The maximum absolute atomic E-state index is 12.8. The number of rotatable bonds is 5. The molecule has 2 heterocycles. The number of H-pyrrole nitrogens is 1. The van der Waals surface area contributed by atoms with Crippen molar-refractivity contribution in [2.24, 2.45) is 10.9 Å². The van der Waals surface area contributed by atoms with Crippen LogP contribution < -0.4 is 0 Å². The Morgan fingerprint density at radius 2 is 2.04 bits per heavy atom. The van der Waals surface area contributed by atoms with Crippen molar-refractivity contribution < 1.29 is 9.53 Å². The Hall–Kier alpha value is -2.43. The number of aromatic nitrogens is 2. The largest absolute Gasteiger partial charge is 0.465 e. The molecule has 0 saturated carbocycles. The molecule has 0 radical (unpaired) electrons. The van der Waals surface area contributed by atoms with E-state index in [1.807, 2.05) is 19.1 Å². The van der Waals surface area contributed by atoms with E-state index in [2.05, 4.69) is 41.2 Å². The minimum Gasteiger partial charge on any atom is -0.465 e. The van der Waals surface area contributed by atoms with E-state index in [4.69, 9.17) is 4.74 Å². The Morgan fingerprint density at radius 3 is 2.75 bits per heavy atom. The van der Waals surface area contributed by atoms with Gasteiger partial charge in [-0.25, -0.2) is 4.99 Å². The average molecular weight is 325 g/mol. The molecule has 2 aromatic rings. The smallest absolute Gasteiger partial charge is 0.315 e. The van der Waals surface area contributed by atoms with Gasteiger partial charge in [0.2, 0.25) is 0 Å². The number of carbonyl (C=O) groups excluding carboxylic acids is 1. The van der Waals surface area contributed by atoms with Gasteiger partial charge in [0, 0.05) is 17.2 Å². The molecule has 0 fully saturated rings. The first-order chi connectivity index (χ1) is 11.7. The Morgan fingerprint density at radius 1 is 1.25 bits per heavy atom. The summed E-state index contributed by atoms with van der Waals surface area (Å²) in [5.74, 6) is 0.0474. The zero-order valence-corrected chi connectivity index (χ0v) is 14.4. The highest BCUT2D eigenvalue weighted by Gasteiger charge is 2.41. The fourth-order valence-corrected chi connectivity index (χ4v) is 3.45. The van der Waals surface area contributed by atoms with E-state index in [0.717, 1.165) is 41.1 Å². The van der Waals surface area contributed by atoms with Gasteiger partial charge in [0.05, 0.1) is 12.8 Å². The number of hydrogen-bond acceptors (Lipinski definition) is 4. The first-order valence-corrected chi connectivity index (χ1v) is 8.50. The van der Waals surface area contributed by atoms with Crippen LogP contribution in [0.1, 0.15) is 49.3 Å². The predicted molar refractivity (Wildman–Crippen MR) is 93.7 cm³/mol. The number of carbonyl (C=O) groups is 1. The third kappa shape index (κ3) is 2.86. The molecule has 0 amide bonds. The van der Waals surface area contributed by atoms with Crippen LogP contribution in [0.4, 0.5) is 5.82 Å². The second kappa shape index (κ2) is 6.99. The summed E-state index contributed by atoms with van der Waals surface area (Å²) < 4.78 is 5.39. The van der Waals surface area contributed by atoms with Crippen LogP contribution in [0.25, 0.3) is 0 Å². The highest BCUT2D eigenvalue weighted by Crippen LogP contribution is 2.43. The van der Waals surface area contributed by atoms with Gasteiger partial charge in [-0.15, -0.1) is 0 Å². The summed E-state index contributed by atoms with van der Waals surface area (Å²) in [5, 5.41) is 7.13. The van der Waals surface area contributed by atoms with E-state index in [-0.39, 0.29) is 11.9 Å². The zero-order valence-electron chi connectivity index (χ0n) is 14.4. The summed E-state index contributed by atoms with van der Waals surface area (Å²) >= 11 is 0. The molecule has 0 aliphatic carbocycles. The number of aromatic amines is 1. The minimum absolute atomic E-state index is 0.113. The summed E-state index contributed by atoms with van der Waals surface area (Å²) in [4.78, 5) is 17.5. The van der Waals surface area contributed by atoms with E-state index in [0.29, 0.717) is 6.61 Å². The lowest BCUT2D eigenvalue weighted by Gasteiger charge is -2.31. The molecule has 0 bridgehead atoms. The van der Waals surface area contributed by atoms with Crippen LogP contribution in [0.5, 0.6) is 0 Å². The highest BCUT2D eigenvalue weighted by molar-refractivity contribution is 6.06. The first kappa shape index (κ1) is 16.4. The quantitative estimate of drug-likeness (QED) is 0.847. The molecule has 0 spiro atoms. The van der Waals surface area contributed by atoms with Crippen molar-refractivity contribution in [1.29, 1.82) is 0 Å². The molecule has 126 valence electrons. The van der Waals surface area contributed by atoms with Crippen LogP contribution in [0, 0.1) is 12.8 Å². The SMILES string of the molecule is CCCC1=Nc2[nH]ncc2C(c2ccccc2C)C1C(=O)OCC. The third-order valence-electron chi connectivity index (χ3n) is 4.50. The van der Waals surface area contributed by atoms with Gasteiger partial charge in [-0.1, -0.05) is 37.6 Å². The Balaban J connectivity index is 2.16. The first-order valence-electron chi connectivity index (χ1n) is 8.50. The van der Waals surface area contributed by atoms with E-state index < -0.39 is 5.92 Å². The molecule has 3 rings (SSSR count). The van der Waals surface area contributed by atoms with E-state index in [1.165, 1.54) is 0 Å². The molecule has 1 aliphatic rings. The average Bonchev–Trinajstić information content (AvgIpc) is 3.03. The summed E-state index contributed by atoms with van der Waals surface area (Å²) in [7, 11) is 0. The molecule has 2 unspecified atom stereocenters. The van der Waals surface area contributed by atoms with Crippen molar-refractivity contribution in [2.75, 3.05) is 6.61 Å². The topological polar surface area (TPSA) is 67.3 Å². The third-order valence-corrected chi connectivity index (χ3v) is 4.50. The number of nitrogens with one attached hydrogen (secondary N) is 1. The summed E-state index contributed by atoms with van der Waals surface area (Å²) in [6.07, 6.45) is 3.48. The van der Waals surface area contributed by atoms with Crippen molar-refractivity contribution in [3.8, 4) is 0 Å². The minimum atomic E-state index is -0.393. The van der Waals surface area contributed by atoms with Crippen LogP contribution in [0.15, 0.2) is 35.5 Å². The van der Waals surface area contributed by atoms with Crippen LogP contribution in [-0.2, 0) is 9.53 Å². The Labute approximate surface area is 142 Å². The van der Waals surface area contributed by atoms with E-state index in [1.54, 1.807) is 6.20 Å². The fraction of sp³-hybridized carbons (Fsp3) is 0.421. The fourth-order valence-electron chi connectivity index (χ4n) is 3.45. The lowest BCUT2D eigenvalue weighted by Crippen LogP contribution is -2.34. The molecule has 5 nitrogen and oxygen atoms in total. The normalized spacial score (nSPS) is 19.5. The Bertz CT molecular complexity index is 763. The summed E-state index contributed by atoms with van der Waals surface area (Å²) in [5.41, 5.74) is 4.12. The number of benzene rings is 1. The van der Waals surface area contributed by atoms with Gasteiger partial charge in [0.15, 0.2) is 5.82 Å². The van der Waals surface area contributed by atoms with Gasteiger partial charge < -0.3 is 4.74 Å². The van der Waals surface area contributed by atoms with Crippen LogP contribution in [0.3, 0.4) is 0 Å². The Kier molecular flexibility index (Phi) is 4.79. The predicted octanol–water partition coefficient (Wildman–Crippen LogP) is 3.92. The zero-order chi connectivity index (χ0) is 17.1. The van der Waals surface area contributed by atoms with Crippen LogP contribution >= 0.6 is 0 Å². The highest BCUT2D eigenvalue weighted by atomic mass is 16.5. The van der Waals surface area contributed by atoms with Gasteiger partial charge in [-0.2, -0.15) is 5.10 Å². The molecular formula is C19H23N3O2. The number of fused-ring (bicyclic) bond motifs is 1. The maximum Gasteiger partial charge on any atom is 0.315 e. The second-order valence-electron chi connectivity index (χ2n) is 6.09. The van der Waals surface area contributed by atoms with Crippen molar-refractivity contribution in [2.45, 2.75) is 39.5 Å². The molecule has 1 aliphatic heterocycles. The number of esters is 1. The lowest BCUT2D eigenvalue weighted by molar-refractivity contribution is -0.146. The second-order valence-corrected chi connectivity index (χ2v) is 6.09. The number of hydrogen-bond donors (Lipinski definition) is 1. The molecule has 1 aromatic heterocycles. The van der Waals surface area contributed by atoms with Gasteiger partial charge in [-0.3, -0.25) is 9.89 Å². The molecule has 1 aromatic carbocycles. The van der Waals surface area contributed by atoms with Gasteiger partial charge in [0.25, 0.3) is 0 Å². The van der Waals surface area contributed by atoms with Crippen molar-refractivity contribution in [3.63, 3.8) is 0 Å². The molecule has 2 atom stereocenters. The molecule has 5 heteroatoms. The molecular weight excluding hydrogens is 302 g/mol. The molecule has 1 N–H and O–H groups in total. The van der Waals surface area contributed by atoms with Crippen LogP contribution in [-0.4, -0.2) is 28.5 Å². The lowest BCUT2D eigenvalue weighted by atomic mass is 9.75. The molecule has 0 saturated heterocycles. The van der Waals surface area contributed by atoms with Crippen molar-refractivity contribution >= 4 is 17.5 Å². The summed E-state index contributed by atoms with van der Waals surface area (Å²) in [6, 6.07) is 8.17. The number of aliphatic imine (C=N–C) groups is 1. The standard InChI is InChI=1S/C19H23N3O2/c1-4-8-15-17(19(23)24-5-2)16(13-10-7-6-9-12(13)3)14-11-20-22-18(14)21-15/h6-7,9-11,16-17H,4-5,8H2,1-3H3,(H,20,22). The number of nitrogens with zero attached hydrogens (tertiary/aromatic N) is 2. The number of aryl methyl sites for hydroxylation is 1.